The van der Waals surface area contributed by atoms with Gasteiger partial charge in [-0.2, -0.15) is 13.2 Å². The first-order chi connectivity index (χ1) is 9.72. The van der Waals surface area contributed by atoms with Gasteiger partial charge in [-0.15, -0.1) is 0 Å². The van der Waals surface area contributed by atoms with Crippen LogP contribution in [-0.2, 0) is 4.79 Å². The van der Waals surface area contributed by atoms with Gasteiger partial charge in [0.2, 0.25) is 5.91 Å². The lowest BCUT2D eigenvalue weighted by molar-refractivity contribution is -0.162. The average molecular weight is 298 g/mol. The van der Waals surface area contributed by atoms with Gasteiger partial charge in [-0.3, -0.25) is 10.1 Å². The average Bonchev–Trinajstić information content (AvgIpc) is 3.08. The predicted octanol–water partition coefficient (Wildman–Crippen LogP) is 2.83. The largest absolute Gasteiger partial charge is 0.406 e. The van der Waals surface area contributed by atoms with Crippen LogP contribution in [0.1, 0.15) is 35.7 Å². The minimum atomic E-state index is -4.39. The van der Waals surface area contributed by atoms with Gasteiger partial charge in [0, 0.05) is 0 Å². The third-order valence-electron chi connectivity index (χ3n) is 4.21. The Balaban J connectivity index is 1.96. The van der Waals surface area contributed by atoms with Crippen LogP contribution in [0, 0.1) is 13.8 Å². The molecule has 6 heteroatoms. The summed E-state index contributed by atoms with van der Waals surface area (Å²) in [5.41, 5.74) is 1.92. The second-order valence-corrected chi connectivity index (χ2v) is 6.04. The first-order valence-corrected chi connectivity index (χ1v) is 6.95. The highest BCUT2D eigenvalue weighted by Gasteiger charge is 2.60. The summed E-state index contributed by atoms with van der Waals surface area (Å²) in [7, 11) is 0. The second-order valence-electron chi connectivity index (χ2n) is 6.04. The Hall–Kier alpha value is -1.56. The van der Waals surface area contributed by atoms with Crippen molar-refractivity contribution in [3.63, 3.8) is 0 Å². The molecule has 1 aliphatic heterocycles. The molecule has 1 saturated carbocycles. The zero-order valence-corrected chi connectivity index (χ0v) is 11.9. The monoisotopic (exact) mass is 298 g/mol. The number of nitrogens with one attached hydrogen (secondary N) is 1. The zero-order chi connectivity index (χ0) is 15.4. The van der Waals surface area contributed by atoms with E-state index < -0.39 is 30.3 Å². The van der Waals surface area contributed by atoms with Crippen LogP contribution in [0.5, 0.6) is 0 Å². The lowest BCUT2D eigenvalue weighted by Gasteiger charge is -2.26. The van der Waals surface area contributed by atoms with Crippen molar-refractivity contribution < 1.29 is 18.0 Å². The summed E-state index contributed by atoms with van der Waals surface area (Å²) in [5, 5.41) is 3.12. The molecule has 2 fully saturated rings. The molecule has 3 rings (SSSR count). The number of carbonyl (C=O) groups excluding carboxylic acids is 1. The number of benzene rings is 1. The second kappa shape index (κ2) is 4.47. The number of hydrogen-bond donors (Lipinski definition) is 1. The third kappa shape index (κ3) is 2.52. The maximum absolute atomic E-state index is 12.8. The Labute approximate surface area is 121 Å². The van der Waals surface area contributed by atoms with Crippen LogP contribution in [0.25, 0.3) is 0 Å². The Bertz CT molecular complexity index is 593. The maximum Gasteiger partial charge on any atom is 0.406 e. The van der Waals surface area contributed by atoms with E-state index in [-0.39, 0.29) is 0 Å². The molecule has 1 spiro atoms. The molecule has 1 unspecified atom stereocenters. The fourth-order valence-electron chi connectivity index (χ4n) is 3.01. The van der Waals surface area contributed by atoms with E-state index in [1.54, 1.807) is 6.07 Å². The van der Waals surface area contributed by atoms with Crippen molar-refractivity contribution in [2.24, 2.45) is 0 Å². The van der Waals surface area contributed by atoms with Gasteiger partial charge < -0.3 is 4.90 Å². The summed E-state index contributed by atoms with van der Waals surface area (Å²) in [5.74, 6) is -0.426. The molecule has 1 aromatic rings. The molecule has 0 bridgehead atoms. The van der Waals surface area contributed by atoms with Crippen LogP contribution in [-0.4, -0.2) is 29.1 Å². The van der Waals surface area contributed by atoms with Crippen LogP contribution in [0.2, 0.25) is 0 Å². The molecule has 0 radical (unpaired) electrons. The Kier molecular flexibility index (Phi) is 3.06. The highest BCUT2D eigenvalue weighted by molar-refractivity contribution is 5.92. The zero-order valence-electron chi connectivity index (χ0n) is 11.9. The Morgan fingerprint density at radius 3 is 2.52 bits per heavy atom. The van der Waals surface area contributed by atoms with Crippen molar-refractivity contribution in [1.82, 2.24) is 10.2 Å². The topological polar surface area (TPSA) is 32.3 Å². The van der Waals surface area contributed by atoms with E-state index in [9.17, 15) is 18.0 Å². The molecule has 21 heavy (non-hydrogen) atoms. The molecule has 0 aromatic heterocycles. The summed E-state index contributed by atoms with van der Waals surface area (Å²) < 4.78 is 38.4. The van der Waals surface area contributed by atoms with E-state index in [1.165, 1.54) is 0 Å². The third-order valence-corrected chi connectivity index (χ3v) is 4.21. The van der Waals surface area contributed by atoms with Gasteiger partial charge in [0.25, 0.3) is 0 Å². The van der Waals surface area contributed by atoms with Gasteiger partial charge in [-0.25, -0.2) is 0 Å². The summed E-state index contributed by atoms with van der Waals surface area (Å²) in [6.07, 6.45) is -3.86. The summed E-state index contributed by atoms with van der Waals surface area (Å²) in [6, 6.07) is 5.59. The molecule has 1 aromatic carbocycles. The van der Waals surface area contributed by atoms with Gasteiger partial charge in [0.1, 0.15) is 18.2 Å². The number of nitrogens with zero attached hydrogens (tertiary/aromatic N) is 1. The van der Waals surface area contributed by atoms with E-state index in [4.69, 9.17) is 0 Å². The minimum absolute atomic E-state index is 0.426. The fourth-order valence-corrected chi connectivity index (χ4v) is 3.01. The molecule has 1 saturated heterocycles. The quantitative estimate of drug-likeness (QED) is 0.910. The molecule has 114 valence electrons. The smallest absolute Gasteiger partial charge is 0.312 e. The number of aryl methyl sites for hydroxylation is 2. The van der Waals surface area contributed by atoms with E-state index in [0.717, 1.165) is 21.6 Å². The van der Waals surface area contributed by atoms with Crippen molar-refractivity contribution in [1.29, 1.82) is 0 Å². The first-order valence-electron chi connectivity index (χ1n) is 6.95. The summed E-state index contributed by atoms with van der Waals surface area (Å²) in [6.45, 7) is 2.58. The summed E-state index contributed by atoms with van der Waals surface area (Å²) in [4.78, 5) is 13.2. The highest BCUT2D eigenvalue weighted by Crippen LogP contribution is 2.47. The number of carbonyl (C=O) groups is 1. The number of halogens is 3. The lowest BCUT2D eigenvalue weighted by Crippen LogP contribution is -2.39. The fraction of sp³-hybridized carbons (Fsp3) is 0.533. The Morgan fingerprint density at radius 2 is 2.00 bits per heavy atom. The molecule has 1 N–H and O–H groups in total. The number of amides is 1. The van der Waals surface area contributed by atoms with Crippen molar-refractivity contribution >= 4 is 5.91 Å². The van der Waals surface area contributed by atoms with Crippen molar-refractivity contribution in [3.8, 4) is 0 Å². The normalized spacial score (nSPS) is 24.0. The first kappa shape index (κ1) is 14.4. The lowest BCUT2D eigenvalue weighted by atomic mass is 10.0. The predicted molar refractivity (Wildman–Crippen MR) is 71.5 cm³/mol. The van der Waals surface area contributed by atoms with Crippen molar-refractivity contribution in [2.45, 2.75) is 44.6 Å². The van der Waals surface area contributed by atoms with Gasteiger partial charge in [-0.1, -0.05) is 23.8 Å². The van der Waals surface area contributed by atoms with Crippen molar-refractivity contribution in [3.05, 3.63) is 34.9 Å². The standard InChI is InChI=1S/C15H17F3N2O/c1-9-3-4-11(10(2)7-9)12-19-14(5-6-14)13(21)20(12)8-15(16,17)18/h3-4,7,12,19H,5-6,8H2,1-2H3. The van der Waals surface area contributed by atoms with Crippen LogP contribution in [0.15, 0.2) is 18.2 Å². The highest BCUT2D eigenvalue weighted by atomic mass is 19.4. The Morgan fingerprint density at radius 1 is 1.33 bits per heavy atom. The summed E-state index contributed by atoms with van der Waals surface area (Å²) >= 11 is 0. The SMILES string of the molecule is Cc1ccc(C2NC3(CC3)C(=O)N2CC(F)(F)F)c(C)c1. The van der Waals surface area contributed by atoms with E-state index in [0.29, 0.717) is 12.8 Å². The van der Waals surface area contributed by atoms with E-state index in [2.05, 4.69) is 5.32 Å². The van der Waals surface area contributed by atoms with Crippen molar-refractivity contribution in [2.75, 3.05) is 6.54 Å². The minimum Gasteiger partial charge on any atom is -0.312 e. The van der Waals surface area contributed by atoms with Gasteiger partial charge in [0.05, 0.1) is 0 Å². The number of hydrogen-bond acceptors (Lipinski definition) is 2. The van der Waals surface area contributed by atoms with E-state index >= 15 is 0 Å². The van der Waals surface area contributed by atoms with Gasteiger partial charge in [-0.05, 0) is 37.8 Å². The van der Waals surface area contributed by atoms with Crippen LogP contribution < -0.4 is 5.32 Å². The molecular weight excluding hydrogens is 281 g/mol. The maximum atomic E-state index is 12.8. The number of rotatable bonds is 2. The van der Waals surface area contributed by atoms with Crippen LogP contribution in [0.3, 0.4) is 0 Å². The molecule has 1 aliphatic carbocycles. The van der Waals surface area contributed by atoms with Gasteiger partial charge in [0.15, 0.2) is 0 Å². The van der Waals surface area contributed by atoms with Gasteiger partial charge >= 0.3 is 6.18 Å². The van der Waals surface area contributed by atoms with Crippen LogP contribution >= 0.6 is 0 Å². The van der Waals surface area contributed by atoms with E-state index in [1.807, 2.05) is 26.0 Å². The van der Waals surface area contributed by atoms with Crippen LogP contribution in [0.4, 0.5) is 13.2 Å². The molecule has 2 aliphatic rings. The molecule has 3 nitrogen and oxygen atoms in total. The molecule has 1 heterocycles. The molecule has 1 atom stereocenters. The molecular formula is C15H17F3N2O. The molecule has 1 amide bonds. The number of alkyl halides is 3.